The summed E-state index contributed by atoms with van der Waals surface area (Å²) >= 11 is 4.97. The van der Waals surface area contributed by atoms with Crippen LogP contribution in [0.25, 0.3) is 22.6 Å². The first kappa shape index (κ1) is 17.0. The summed E-state index contributed by atoms with van der Waals surface area (Å²) < 4.78 is 6.83. The van der Waals surface area contributed by atoms with E-state index in [4.69, 9.17) is 4.42 Å². The number of nitrogens with one attached hydrogen (secondary N) is 1. The standard InChI is InChI=1S/C20H15BrN2O2S/c1-2-12-10-15(21)18-16(11-12)23-20(25-18)13-5-7-14(8-6-13)22-19(24)17-4-3-9-26-17/h3-11H,2H2,1H3,(H,22,24). The molecule has 2 aromatic carbocycles. The van der Waals surface area contributed by atoms with E-state index < -0.39 is 0 Å². The van der Waals surface area contributed by atoms with Gasteiger partial charge in [0.2, 0.25) is 5.89 Å². The molecular weight excluding hydrogens is 412 g/mol. The predicted octanol–water partition coefficient (Wildman–Crippen LogP) is 6.13. The highest BCUT2D eigenvalue weighted by Gasteiger charge is 2.13. The molecule has 0 saturated carbocycles. The summed E-state index contributed by atoms with van der Waals surface area (Å²) in [6, 6.07) is 15.2. The van der Waals surface area contributed by atoms with Gasteiger partial charge in [0, 0.05) is 11.3 Å². The molecule has 0 atom stereocenters. The van der Waals surface area contributed by atoms with Crippen molar-refractivity contribution in [2.75, 3.05) is 5.32 Å². The van der Waals surface area contributed by atoms with E-state index >= 15 is 0 Å². The van der Waals surface area contributed by atoms with Crippen molar-refractivity contribution in [2.45, 2.75) is 13.3 Å². The van der Waals surface area contributed by atoms with Crippen LogP contribution >= 0.6 is 27.3 Å². The van der Waals surface area contributed by atoms with Gasteiger partial charge in [0.15, 0.2) is 5.58 Å². The molecule has 6 heteroatoms. The molecule has 130 valence electrons. The Balaban J connectivity index is 1.59. The molecule has 2 heterocycles. The molecule has 0 fully saturated rings. The number of hydrogen-bond donors (Lipinski definition) is 1. The molecule has 2 aromatic heterocycles. The van der Waals surface area contributed by atoms with Crippen LogP contribution in [0.4, 0.5) is 5.69 Å². The predicted molar refractivity (Wildman–Crippen MR) is 109 cm³/mol. The minimum atomic E-state index is -0.106. The number of halogens is 1. The fraction of sp³-hybridized carbons (Fsp3) is 0.100. The van der Waals surface area contributed by atoms with Gasteiger partial charge < -0.3 is 9.73 Å². The number of carbonyl (C=O) groups excluding carboxylic acids is 1. The van der Waals surface area contributed by atoms with Crippen LogP contribution in [0.3, 0.4) is 0 Å². The van der Waals surface area contributed by atoms with E-state index in [9.17, 15) is 4.79 Å². The van der Waals surface area contributed by atoms with Gasteiger partial charge in [-0.15, -0.1) is 11.3 Å². The van der Waals surface area contributed by atoms with E-state index in [0.29, 0.717) is 10.8 Å². The molecule has 4 rings (SSSR count). The second kappa shape index (κ2) is 7.05. The Kier molecular flexibility index (Phi) is 4.61. The number of thiophene rings is 1. The zero-order valence-electron chi connectivity index (χ0n) is 14.0. The summed E-state index contributed by atoms with van der Waals surface area (Å²) in [5.41, 5.74) is 4.38. The lowest BCUT2D eigenvalue weighted by Gasteiger charge is -2.04. The zero-order chi connectivity index (χ0) is 18.1. The number of fused-ring (bicyclic) bond motifs is 1. The number of rotatable bonds is 4. The van der Waals surface area contributed by atoms with Crippen molar-refractivity contribution in [1.82, 2.24) is 4.98 Å². The largest absolute Gasteiger partial charge is 0.435 e. The third-order valence-corrected chi connectivity index (χ3v) is 5.51. The fourth-order valence-corrected chi connectivity index (χ4v) is 3.87. The summed E-state index contributed by atoms with van der Waals surface area (Å²) in [4.78, 5) is 17.4. The van der Waals surface area contributed by atoms with Crippen LogP contribution in [-0.4, -0.2) is 10.9 Å². The summed E-state index contributed by atoms with van der Waals surface area (Å²) in [6.07, 6.45) is 0.940. The summed E-state index contributed by atoms with van der Waals surface area (Å²) in [6.45, 7) is 2.11. The number of anilines is 1. The van der Waals surface area contributed by atoms with E-state index in [1.165, 1.54) is 16.9 Å². The molecule has 1 amide bonds. The molecule has 0 aliphatic heterocycles. The Morgan fingerprint density at radius 3 is 2.73 bits per heavy atom. The van der Waals surface area contributed by atoms with Crippen LogP contribution in [0.1, 0.15) is 22.2 Å². The van der Waals surface area contributed by atoms with Gasteiger partial charge in [0.25, 0.3) is 5.91 Å². The second-order valence-electron chi connectivity index (χ2n) is 5.81. The molecular formula is C20H15BrN2O2S. The molecule has 0 aliphatic rings. The smallest absolute Gasteiger partial charge is 0.265 e. The van der Waals surface area contributed by atoms with Crippen LogP contribution in [0, 0.1) is 0 Å². The number of benzene rings is 2. The van der Waals surface area contributed by atoms with Crippen LogP contribution in [-0.2, 0) is 6.42 Å². The maximum Gasteiger partial charge on any atom is 0.265 e. The topological polar surface area (TPSA) is 55.1 Å². The monoisotopic (exact) mass is 426 g/mol. The molecule has 26 heavy (non-hydrogen) atoms. The Morgan fingerprint density at radius 2 is 2.04 bits per heavy atom. The first-order valence-corrected chi connectivity index (χ1v) is 9.85. The van der Waals surface area contributed by atoms with Crippen molar-refractivity contribution in [3.8, 4) is 11.5 Å². The molecule has 0 radical (unpaired) electrons. The van der Waals surface area contributed by atoms with Gasteiger partial charge in [-0.1, -0.05) is 13.0 Å². The Bertz CT molecular complexity index is 1070. The van der Waals surface area contributed by atoms with E-state index in [0.717, 1.165) is 33.2 Å². The Morgan fingerprint density at radius 1 is 1.23 bits per heavy atom. The van der Waals surface area contributed by atoms with E-state index in [1.807, 2.05) is 41.8 Å². The highest BCUT2D eigenvalue weighted by molar-refractivity contribution is 9.10. The summed E-state index contributed by atoms with van der Waals surface area (Å²) in [5.74, 6) is 0.454. The van der Waals surface area contributed by atoms with Gasteiger partial charge in [0.1, 0.15) is 5.52 Å². The minimum absolute atomic E-state index is 0.106. The third-order valence-electron chi connectivity index (χ3n) is 4.05. The van der Waals surface area contributed by atoms with Crippen molar-refractivity contribution >= 4 is 50.0 Å². The normalized spacial score (nSPS) is 11.0. The quantitative estimate of drug-likeness (QED) is 0.426. The number of aryl methyl sites for hydroxylation is 1. The molecule has 0 saturated heterocycles. The first-order chi connectivity index (χ1) is 12.6. The molecule has 1 N–H and O–H groups in total. The lowest BCUT2D eigenvalue weighted by atomic mass is 10.1. The summed E-state index contributed by atoms with van der Waals surface area (Å²) in [7, 11) is 0. The number of amides is 1. The van der Waals surface area contributed by atoms with Gasteiger partial charge in [-0.3, -0.25) is 4.79 Å². The molecule has 0 aliphatic carbocycles. The maximum atomic E-state index is 12.1. The number of oxazole rings is 1. The highest BCUT2D eigenvalue weighted by Crippen LogP contribution is 2.31. The van der Waals surface area contributed by atoms with Crippen molar-refractivity contribution < 1.29 is 9.21 Å². The van der Waals surface area contributed by atoms with Crippen LogP contribution in [0.5, 0.6) is 0 Å². The van der Waals surface area contributed by atoms with E-state index in [-0.39, 0.29) is 5.91 Å². The Labute approximate surface area is 163 Å². The van der Waals surface area contributed by atoms with Crippen molar-refractivity contribution in [2.24, 2.45) is 0 Å². The second-order valence-corrected chi connectivity index (χ2v) is 7.61. The SMILES string of the molecule is CCc1cc(Br)c2oc(-c3ccc(NC(=O)c4cccs4)cc3)nc2c1. The van der Waals surface area contributed by atoms with Crippen LogP contribution < -0.4 is 5.32 Å². The van der Waals surface area contributed by atoms with Crippen LogP contribution in [0.15, 0.2) is 62.8 Å². The first-order valence-electron chi connectivity index (χ1n) is 8.18. The van der Waals surface area contributed by atoms with Crippen molar-refractivity contribution in [3.63, 3.8) is 0 Å². The number of aromatic nitrogens is 1. The molecule has 0 spiro atoms. The Hall–Kier alpha value is -2.44. The average Bonchev–Trinajstić information content (AvgIpc) is 3.32. The van der Waals surface area contributed by atoms with E-state index in [2.05, 4.69) is 39.2 Å². The fourth-order valence-electron chi connectivity index (χ4n) is 2.67. The van der Waals surface area contributed by atoms with Gasteiger partial charge in [0.05, 0.1) is 9.35 Å². The average molecular weight is 427 g/mol. The van der Waals surface area contributed by atoms with Gasteiger partial charge in [-0.05, 0) is 75.8 Å². The number of nitrogens with zero attached hydrogens (tertiary/aromatic N) is 1. The minimum Gasteiger partial charge on any atom is -0.435 e. The lowest BCUT2D eigenvalue weighted by Crippen LogP contribution is -2.09. The molecule has 0 bridgehead atoms. The summed E-state index contributed by atoms with van der Waals surface area (Å²) in [5, 5.41) is 4.77. The van der Waals surface area contributed by atoms with Crippen molar-refractivity contribution in [3.05, 3.63) is 68.8 Å². The van der Waals surface area contributed by atoms with E-state index in [1.54, 1.807) is 6.07 Å². The van der Waals surface area contributed by atoms with Crippen LogP contribution in [0.2, 0.25) is 0 Å². The number of hydrogen-bond acceptors (Lipinski definition) is 4. The van der Waals surface area contributed by atoms with Crippen molar-refractivity contribution in [1.29, 1.82) is 0 Å². The molecule has 4 nitrogen and oxygen atoms in total. The molecule has 4 aromatic rings. The van der Waals surface area contributed by atoms with Gasteiger partial charge >= 0.3 is 0 Å². The third kappa shape index (κ3) is 3.30. The van der Waals surface area contributed by atoms with Gasteiger partial charge in [-0.25, -0.2) is 4.98 Å². The van der Waals surface area contributed by atoms with Gasteiger partial charge in [-0.2, -0.15) is 0 Å². The number of carbonyl (C=O) groups is 1. The maximum absolute atomic E-state index is 12.1. The lowest BCUT2D eigenvalue weighted by molar-refractivity contribution is 0.103. The molecule has 0 unspecified atom stereocenters. The highest BCUT2D eigenvalue weighted by atomic mass is 79.9. The zero-order valence-corrected chi connectivity index (χ0v) is 16.4.